The van der Waals surface area contributed by atoms with Gasteiger partial charge >= 0.3 is 0 Å². The highest BCUT2D eigenvalue weighted by Crippen LogP contribution is 2.33. The fourth-order valence-electron chi connectivity index (χ4n) is 1.55. The van der Waals surface area contributed by atoms with Crippen molar-refractivity contribution in [2.24, 2.45) is 0 Å². The van der Waals surface area contributed by atoms with E-state index in [2.05, 4.69) is 28.1 Å². The molecule has 0 aliphatic heterocycles. The fraction of sp³-hybridized carbons (Fsp3) is 0.0769. The molecule has 2 aromatic rings. The summed E-state index contributed by atoms with van der Waals surface area (Å²) >= 11 is 9.64. The molecule has 0 atom stereocenters. The molecule has 0 fully saturated rings. The van der Waals surface area contributed by atoms with Crippen LogP contribution in [-0.4, -0.2) is 0 Å². The van der Waals surface area contributed by atoms with Crippen LogP contribution in [0.4, 0.5) is 0 Å². The van der Waals surface area contributed by atoms with Crippen molar-refractivity contribution in [1.82, 2.24) is 0 Å². The maximum Gasteiger partial charge on any atom is 0.0415 e. The van der Waals surface area contributed by atoms with E-state index in [1.165, 1.54) is 5.56 Å². The third kappa shape index (κ3) is 2.24. The molecule has 0 spiro atoms. The van der Waals surface area contributed by atoms with Crippen molar-refractivity contribution in [3.63, 3.8) is 0 Å². The molecule has 0 aliphatic carbocycles. The monoisotopic (exact) mass is 280 g/mol. The summed E-state index contributed by atoms with van der Waals surface area (Å²) in [6.07, 6.45) is 0. The van der Waals surface area contributed by atoms with Crippen molar-refractivity contribution in [3.8, 4) is 11.1 Å². The molecule has 2 heteroatoms. The van der Waals surface area contributed by atoms with Gasteiger partial charge in [0.1, 0.15) is 0 Å². The Hall–Kier alpha value is -0.790. The molecule has 0 aromatic heterocycles. The smallest absolute Gasteiger partial charge is 0.0415 e. The van der Waals surface area contributed by atoms with Gasteiger partial charge in [0.15, 0.2) is 0 Å². The van der Waals surface area contributed by atoms with Crippen LogP contribution in [0.3, 0.4) is 0 Å². The first-order valence-electron chi connectivity index (χ1n) is 4.69. The molecule has 0 radical (unpaired) electrons. The zero-order valence-corrected chi connectivity index (χ0v) is 10.6. The minimum Gasteiger partial charge on any atom is -0.0843 e. The van der Waals surface area contributed by atoms with Crippen LogP contribution in [0, 0.1) is 6.92 Å². The van der Waals surface area contributed by atoms with Crippen LogP contribution >= 0.6 is 27.5 Å². The van der Waals surface area contributed by atoms with Crippen molar-refractivity contribution in [2.45, 2.75) is 6.92 Å². The van der Waals surface area contributed by atoms with Crippen molar-refractivity contribution in [1.29, 1.82) is 0 Å². The summed E-state index contributed by atoms with van der Waals surface area (Å²) in [5.74, 6) is 0. The molecule has 0 saturated heterocycles. The Morgan fingerprint density at radius 3 is 2.40 bits per heavy atom. The molecule has 2 aromatic carbocycles. The van der Waals surface area contributed by atoms with E-state index in [-0.39, 0.29) is 0 Å². The molecule has 0 amide bonds. The van der Waals surface area contributed by atoms with Crippen LogP contribution in [0.1, 0.15) is 5.56 Å². The van der Waals surface area contributed by atoms with Crippen LogP contribution in [0.2, 0.25) is 5.02 Å². The predicted molar refractivity (Wildman–Crippen MR) is 69.3 cm³/mol. The molecule has 0 nitrogen and oxygen atoms in total. The standard InChI is InChI=1S/C13H10BrCl/c1-9-7-11(15)8-12(13(9)14)10-5-3-2-4-6-10/h2-8H,1H3. The second-order valence-electron chi connectivity index (χ2n) is 3.45. The summed E-state index contributed by atoms with van der Waals surface area (Å²) in [4.78, 5) is 0. The maximum absolute atomic E-state index is 6.05. The van der Waals surface area contributed by atoms with E-state index in [1.54, 1.807) is 0 Å². The van der Waals surface area contributed by atoms with Crippen molar-refractivity contribution in [3.05, 3.63) is 57.5 Å². The lowest BCUT2D eigenvalue weighted by Crippen LogP contribution is -1.83. The molecule has 76 valence electrons. The van der Waals surface area contributed by atoms with Gasteiger partial charge in [-0.15, -0.1) is 0 Å². The third-order valence-electron chi connectivity index (χ3n) is 2.30. The van der Waals surface area contributed by atoms with E-state index in [0.29, 0.717) is 0 Å². The molecular weight excluding hydrogens is 272 g/mol. The normalized spacial score (nSPS) is 10.3. The van der Waals surface area contributed by atoms with Gasteiger partial charge in [0.2, 0.25) is 0 Å². The average molecular weight is 282 g/mol. The molecule has 0 aliphatic rings. The summed E-state index contributed by atoms with van der Waals surface area (Å²) in [6, 6.07) is 14.2. The third-order valence-corrected chi connectivity index (χ3v) is 3.57. The molecule has 0 N–H and O–H groups in total. The molecule has 0 bridgehead atoms. The Balaban J connectivity index is 2.63. The zero-order chi connectivity index (χ0) is 10.8. The Kier molecular flexibility index (Phi) is 3.13. The van der Waals surface area contributed by atoms with E-state index >= 15 is 0 Å². The number of aryl methyl sites for hydroxylation is 1. The highest BCUT2D eigenvalue weighted by atomic mass is 79.9. The van der Waals surface area contributed by atoms with Crippen molar-refractivity contribution >= 4 is 27.5 Å². The van der Waals surface area contributed by atoms with Crippen LogP contribution in [0.15, 0.2) is 46.9 Å². The first-order chi connectivity index (χ1) is 7.18. The second-order valence-corrected chi connectivity index (χ2v) is 4.68. The minimum atomic E-state index is 0.773. The van der Waals surface area contributed by atoms with E-state index in [0.717, 1.165) is 20.6 Å². The fourth-order valence-corrected chi connectivity index (χ4v) is 2.28. The number of halogens is 2. The molecule has 0 unspecified atom stereocenters. The highest BCUT2D eigenvalue weighted by molar-refractivity contribution is 9.10. The van der Waals surface area contributed by atoms with Gasteiger partial charge in [-0.2, -0.15) is 0 Å². The number of benzene rings is 2. The van der Waals surface area contributed by atoms with Gasteiger partial charge in [-0.25, -0.2) is 0 Å². The zero-order valence-electron chi connectivity index (χ0n) is 8.30. The molecule has 0 heterocycles. The summed E-state index contributed by atoms with van der Waals surface area (Å²) < 4.78 is 1.11. The van der Waals surface area contributed by atoms with Gasteiger partial charge in [0, 0.05) is 9.50 Å². The van der Waals surface area contributed by atoms with E-state index in [4.69, 9.17) is 11.6 Å². The largest absolute Gasteiger partial charge is 0.0843 e. The Bertz CT molecular complexity index is 477. The first kappa shape index (κ1) is 10.7. The number of hydrogen-bond donors (Lipinski definition) is 0. The van der Waals surface area contributed by atoms with Gasteiger partial charge in [-0.3, -0.25) is 0 Å². The van der Waals surface area contributed by atoms with E-state index < -0.39 is 0 Å². The van der Waals surface area contributed by atoms with Gasteiger partial charge in [0.05, 0.1) is 0 Å². The molecule has 2 rings (SSSR count). The van der Waals surface area contributed by atoms with Crippen LogP contribution in [-0.2, 0) is 0 Å². The van der Waals surface area contributed by atoms with Crippen LogP contribution in [0.5, 0.6) is 0 Å². The minimum absolute atomic E-state index is 0.773. The van der Waals surface area contributed by atoms with E-state index in [9.17, 15) is 0 Å². The summed E-state index contributed by atoms with van der Waals surface area (Å²) in [5, 5.41) is 0.773. The Morgan fingerprint density at radius 1 is 1.07 bits per heavy atom. The average Bonchev–Trinajstić information content (AvgIpc) is 2.24. The lowest BCUT2D eigenvalue weighted by Gasteiger charge is -2.08. The predicted octanol–water partition coefficient (Wildman–Crippen LogP) is 5.08. The van der Waals surface area contributed by atoms with Gasteiger partial charge in [-0.05, 0) is 51.7 Å². The van der Waals surface area contributed by atoms with E-state index in [1.807, 2.05) is 37.3 Å². The summed E-state index contributed by atoms with van der Waals surface area (Å²) in [7, 11) is 0. The van der Waals surface area contributed by atoms with Gasteiger partial charge < -0.3 is 0 Å². The second kappa shape index (κ2) is 4.38. The topological polar surface area (TPSA) is 0 Å². The highest BCUT2D eigenvalue weighted by Gasteiger charge is 2.06. The van der Waals surface area contributed by atoms with Crippen LogP contribution < -0.4 is 0 Å². The number of rotatable bonds is 1. The quantitative estimate of drug-likeness (QED) is 0.684. The summed E-state index contributed by atoms with van der Waals surface area (Å²) in [5.41, 5.74) is 3.47. The summed E-state index contributed by atoms with van der Waals surface area (Å²) in [6.45, 7) is 2.04. The Labute approximate surface area is 103 Å². The molecule has 0 saturated carbocycles. The van der Waals surface area contributed by atoms with Crippen molar-refractivity contribution in [2.75, 3.05) is 0 Å². The lowest BCUT2D eigenvalue weighted by molar-refractivity contribution is 1.43. The van der Waals surface area contributed by atoms with Gasteiger partial charge in [-0.1, -0.05) is 41.9 Å². The van der Waals surface area contributed by atoms with Gasteiger partial charge in [0.25, 0.3) is 0 Å². The Morgan fingerprint density at radius 2 is 1.73 bits per heavy atom. The molecule has 15 heavy (non-hydrogen) atoms. The number of hydrogen-bond acceptors (Lipinski definition) is 0. The SMILES string of the molecule is Cc1cc(Cl)cc(-c2ccccc2)c1Br. The van der Waals surface area contributed by atoms with Crippen LogP contribution in [0.25, 0.3) is 11.1 Å². The van der Waals surface area contributed by atoms with Crippen molar-refractivity contribution < 1.29 is 0 Å². The first-order valence-corrected chi connectivity index (χ1v) is 5.86. The molecular formula is C13H10BrCl. The lowest BCUT2D eigenvalue weighted by atomic mass is 10.0. The maximum atomic E-state index is 6.05.